The molecule has 110 valence electrons. The smallest absolute Gasteiger partial charge is 0.234 e. The highest BCUT2D eigenvalue weighted by Gasteiger charge is 2.20. The average Bonchev–Trinajstić information content (AvgIpc) is 2.39. The predicted octanol–water partition coefficient (Wildman–Crippen LogP) is 1.98. The first-order chi connectivity index (χ1) is 9.15. The van der Waals surface area contributed by atoms with Crippen LogP contribution >= 0.6 is 0 Å². The monoisotopic (exact) mass is 268 g/mol. The lowest BCUT2D eigenvalue weighted by Gasteiger charge is -2.29. The summed E-state index contributed by atoms with van der Waals surface area (Å²) in [6, 6.07) is 0.270. The minimum Gasteiger partial charge on any atom is -0.353 e. The maximum absolute atomic E-state index is 11.9. The summed E-state index contributed by atoms with van der Waals surface area (Å²) in [7, 11) is 0. The van der Waals surface area contributed by atoms with Crippen LogP contribution in [0.4, 0.5) is 0 Å². The summed E-state index contributed by atoms with van der Waals surface area (Å²) in [5, 5.41) is 3.06. The fourth-order valence-electron chi connectivity index (χ4n) is 2.54. The third-order valence-electron chi connectivity index (χ3n) is 3.84. The number of carbonyl (C=O) groups excluding carboxylic acids is 2. The zero-order valence-electron chi connectivity index (χ0n) is 12.4. The number of nitrogens with zero attached hydrogens (tertiary/aromatic N) is 1. The van der Waals surface area contributed by atoms with E-state index >= 15 is 0 Å². The number of rotatable bonds is 8. The van der Waals surface area contributed by atoms with E-state index < -0.39 is 0 Å². The van der Waals surface area contributed by atoms with E-state index in [1.165, 1.54) is 19.3 Å². The highest BCUT2D eigenvalue weighted by molar-refractivity contribution is 5.78. The SMILES string of the molecule is CCCCCC(C)NC(=O)CN1CCC(C=O)CC1. The Balaban J connectivity index is 2.15. The van der Waals surface area contributed by atoms with Crippen LogP contribution in [-0.4, -0.2) is 42.8 Å². The van der Waals surface area contributed by atoms with Crippen molar-refractivity contribution in [3.8, 4) is 0 Å². The lowest BCUT2D eigenvalue weighted by Crippen LogP contribution is -2.44. The molecule has 0 aromatic heterocycles. The molecule has 0 bridgehead atoms. The Hall–Kier alpha value is -0.900. The van der Waals surface area contributed by atoms with Crippen molar-refractivity contribution in [3.05, 3.63) is 0 Å². The lowest BCUT2D eigenvalue weighted by molar-refractivity contribution is -0.123. The van der Waals surface area contributed by atoms with Crippen LogP contribution in [-0.2, 0) is 9.59 Å². The number of hydrogen-bond donors (Lipinski definition) is 1. The maximum atomic E-state index is 11.9. The normalized spacial score (nSPS) is 19.1. The van der Waals surface area contributed by atoms with Crippen molar-refractivity contribution < 1.29 is 9.59 Å². The number of carbonyl (C=O) groups is 2. The third-order valence-corrected chi connectivity index (χ3v) is 3.84. The molecule has 1 unspecified atom stereocenters. The summed E-state index contributed by atoms with van der Waals surface area (Å²) >= 11 is 0. The number of piperidine rings is 1. The van der Waals surface area contributed by atoms with Crippen LogP contribution in [0.5, 0.6) is 0 Å². The van der Waals surface area contributed by atoms with Gasteiger partial charge in [0, 0.05) is 12.0 Å². The molecule has 19 heavy (non-hydrogen) atoms. The molecule has 0 aromatic rings. The fourth-order valence-corrected chi connectivity index (χ4v) is 2.54. The number of likely N-dealkylation sites (tertiary alicyclic amines) is 1. The second kappa shape index (κ2) is 9.08. The molecule has 1 saturated heterocycles. The standard InChI is InChI=1S/C15H28N2O2/c1-3-4-5-6-13(2)16-15(19)11-17-9-7-14(12-18)8-10-17/h12-14H,3-11H2,1-2H3,(H,16,19). The summed E-state index contributed by atoms with van der Waals surface area (Å²) in [6.45, 7) is 6.46. The van der Waals surface area contributed by atoms with Crippen LogP contribution in [0.1, 0.15) is 52.4 Å². The van der Waals surface area contributed by atoms with Crippen LogP contribution in [0, 0.1) is 5.92 Å². The van der Waals surface area contributed by atoms with E-state index in [0.717, 1.165) is 38.6 Å². The molecule has 0 radical (unpaired) electrons. The molecule has 1 aliphatic heterocycles. The molecule has 0 aromatic carbocycles. The molecule has 4 heteroatoms. The van der Waals surface area contributed by atoms with Crippen molar-refractivity contribution in [2.75, 3.05) is 19.6 Å². The van der Waals surface area contributed by atoms with Gasteiger partial charge in [0.25, 0.3) is 0 Å². The molecule has 0 saturated carbocycles. The minimum absolute atomic E-state index is 0.119. The van der Waals surface area contributed by atoms with E-state index in [4.69, 9.17) is 0 Å². The Bertz CT molecular complexity index is 273. The molecule has 0 spiro atoms. The second-order valence-electron chi connectivity index (χ2n) is 5.71. The first-order valence-electron chi connectivity index (χ1n) is 7.62. The zero-order valence-corrected chi connectivity index (χ0v) is 12.4. The van der Waals surface area contributed by atoms with Gasteiger partial charge >= 0.3 is 0 Å². The Morgan fingerprint density at radius 2 is 2.05 bits per heavy atom. The molecular formula is C15H28N2O2. The molecule has 1 N–H and O–H groups in total. The number of unbranched alkanes of at least 4 members (excludes halogenated alkanes) is 2. The molecule has 1 aliphatic rings. The molecule has 0 aliphatic carbocycles. The van der Waals surface area contributed by atoms with Crippen molar-refractivity contribution in [3.63, 3.8) is 0 Å². The van der Waals surface area contributed by atoms with Gasteiger partial charge in [-0.2, -0.15) is 0 Å². The number of hydrogen-bond acceptors (Lipinski definition) is 3. The molecular weight excluding hydrogens is 240 g/mol. The molecule has 4 nitrogen and oxygen atoms in total. The fraction of sp³-hybridized carbons (Fsp3) is 0.867. The van der Waals surface area contributed by atoms with Crippen molar-refractivity contribution in [1.29, 1.82) is 0 Å². The second-order valence-corrected chi connectivity index (χ2v) is 5.71. The number of nitrogens with one attached hydrogen (secondary N) is 1. The molecule has 1 fully saturated rings. The summed E-state index contributed by atoms with van der Waals surface area (Å²) in [5.74, 6) is 0.320. The Morgan fingerprint density at radius 1 is 1.37 bits per heavy atom. The van der Waals surface area contributed by atoms with Gasteiger partial charge in [-0.15, -0.1) is 0 Å². The Kier molecular flexibility index (Phi) is 7.72. The summed E-state index contributed by atoms with van der Waals surface area (Å²) in [6.07, 6.45) is 7.53. The number of amides is 1. The van der Waals surface area contributed by atoms with Gasteiger partial charge in [0.1, 0.15) is 6.29 Å². The quantitative estimate of drug-likeness (QED) is 0.541. The Morgan fingerprint density at radius 3 is 2.63 bits per heavy atom. The van der Waals surface area contributed by atoms with Gasteiger partial charge in [0.05, 0.1) is 6.54 Å². The highest BCUT2D eigenvalue weighted by atomic mass is 16.2. The molecule has 1 rings (SSSR count). The van der Waals surface area contributed by atoms with Crippen LogP contribution in [0.3, 0.4) is 0 Å². The topological polar surface area (TPSA) is 49.4 Å². The maximum Gasteiger partial charge on any atom is 0.234 e. The van der Waals surface area contributed by atoms with E-state index in [9.17, 15) is 9.59 Å². The van der Waals surface area contributed by atoms with Gasteiger partial charge in [-0.3, -0.25) is 9.69 Å². The predicted molar refractivity (Wildman–Crippen MR) is 77.0 cm³/mol. The summed E-state index contributed by atoms with van der Waals surface area (Å²) in [4.78, 5) is 24.7. The lowest BCUT2D eigenvalue weighted by atomic mass is 9.99. The van der Waals surface area contributed by atoms with Crippen molar-refractivity contribution in [2.24, 2.45) is 5.92 Å². The molecule has 1 heterocycles. The molecule has 1 atom stereocenters. The first-order valence-corrected chi connectivity index (χ1v) is 7.62. The van der Waals surface area contributed by atoms with Gasteiger partial charge in [-0.1, -0.05) is 26.2 Å². The van der Waals surface area contributed by atoms with Crippen molar-refractivity contribution in [1.82, 2.24) is 10.2 Å². The summed E-state index contributed by atoms with van der Waals surface area (Å²) in [5.41, 5.74) is 0. The van der Waals surface area contributed by atoms with Gasteiger partial charge in [0.2, 0.25) is 5.91 Å². The van der Waals surface area contributed by atoms with Crippen LogP contribution in [0.15, 0.2) is 0 Å². The van der Waals surface area contributed by atoms with Crippen LogP contribution in [0.2, 0.25) is 0 Å². The minimum atomic E-state index is 0.119. The number of aldehydes is 1. The zero-order chi connectivity index (χ0) is 14.1. The van der Waals surface area contributed by atoms with E-state index in [1.807, 2.05) is 0 Å². The van der Waals surface area contributed by atoms with Crippen molar-refractivity contribution in [2.45, 2.75) is 58.4 Å². The largest absolute Gasteiger partial charge is 0.353 e. The van der Waals surface area contributed by atoms with E-state index in [1.54, 1.807) is 0 Å². The van der Waals surface area contributed by atoms with Gasteiger partial charge in [-0.25, -0.2) is 0 Å². The average molecular weight is 268 g/mol. The van der Waals surface area contributed by atoms with E-state index in [2.05, 4.69) is 24.1 Å². The van der Waals surface area contributed by atoms with Gasteiger partial charge in [0.15, 0.2) is 0 Å². The van der Waals surface area contributed by atoms with Gasteiger partial charge < -0.3 is 10.1 Å². The van der Waals surface area contributed by atoms with Crippen LogP contribution < -0.4 is 5.32 Å². The van der Waals surface area contributed by atoms with Crippen molar-refractivity contribution >= 4 is 12.2 Å². The third kappa shape index (κ3) is 6.71. The Labute approximate surface area is 116 Å². The molecule has 1 amide bonds. The summed E-state index contributed by atoms with van der Waals surface area (Å²) < 4.78 is 0. The van der Waals surface area contributed by atoms with E-state index in [0.29, 0.717) is 6.54 Å². The van der Waals surface area contributed by atoms with Gasteiger partial charge in [-0.05, 0) is 39.3 Å². The van der Waals surface area contributed by atoms with Crippen LogP contribution in [0.25, 0.3) is 0 Å². The first kappa shape index (κ1) is 16.2. The highest BCUT2D eigenvalue weighted by Crippen LogP contribution is 2.14. The van der Waals surface area contributed by atoms with E-state index in [-0.39, 0.29) is 17.9 Å².